The molecule has 1 fully saturated rings. The predicted octanol–water partition coefficient (Wildman–Crippen LogP) is 3.88. The van der Waals surface area contributed by atoms with Gasteiger partial charge in [-0.15, -0.1) is 0 Å². The van der Waals surface area contributed by atoms with Crippen molar-refractivity contribution in [3.05, 3.63) is 69.3 Å². The van der Waals surface area contributed by atoms with Crippen molar-refractivity contribution in [3.8, 4) is 5.69 Å². The predicted molar refractivity (Wildman–Crippen MR) is 118 cm³/mol. The number of pyridine rings is 1. The highest BCUT2D eigenvalue weighted by Gasteiger charge is 2.30. The number of aromatic carboxylic acids is 1. The summed E-state index contributed by atoms with van der Waals surface area (Å²) in [5, 5.41) is 19.4. The van der Waals surface area contributed by atoms with Crippen LogP contribution < -0.4 is 10.3 Å². The van der Waals surface area contributed by atoms with E-state index >= 15 is 4.39 Å². The van der Waals surface area contributed by atoms with Crippen molar-refractivity contribution in [2.45, 2.75) is 32.8 Å². The van der Waals surface area contributed by atoms with Gasteiger partial charge in [0.2, 0.25) is 5.43 Å². The number of aromatic nitrogens is 1. The highest BCUT2D eigenvalue weighted by atomic mass is 19.1. The number of hydrogen-bond donors (Lipinski definition) is 2. The lowest BCUT2D eigenvalue weighted by molar-refractivity contribution is 0.0695. The monoisotopic (exact) mass is 460 g/mol. The molecule has 0 bridgehead atoms. The van der Waals surface area contributed by atoms with E-state index in [1.807, 2.05) is 6.92 Å². The van der Waals surface area contributed by atoms with E-state index < -0.39 is 40.5 Å². The molecule has 2 atom stereocenters. The van der Waals surface area contributed by atoms with Crippen LogP contribution in [-0.2, 0) is 6.42 Å². The van der Waals surface area contributed by atoms with Crippen LogP contribution in [0, 0.1) is 23.4 Å². The number of piperidine rings is 1. The molecule has 9 heteroatoms. The number of fused-ring (bicyclic) bond motifs is 1. The number of anilines is 1. The summed E-state index contributed by atoms with van der Waals surface area (Å²) in [6, 6.07) is 3.80. The number of rotatable bonds is 4. The van der Waals surface area contributed by atoms with Crippen LogP contribution in [0.25, 0.3) is 16.6 Å². The molecule has 1 aliphatic rings. The lowest BCUT2D eigenvalue weighted by Gasteiger charge is -2.37. The van der Waals surface area contributed by atoms with E-state index in [0.29, 0.717) is 31.1 Å². The summed E-state index contributed by atoms with van der Waals surface area (Å²) in [4.78, 5) is 26.4. The van der Waals surface area contributed by atoms with Gasteiger partial charge in [-0.2, -0.15) is 0 Å². The van der Waals surface area contributed by atoms with E-state index in [9.17, 15) is 28.6 Å². The number of carboxylic acid groups (broad SMARTS) is 1. The summed E-state index contributed by atoms with van der Waals surface area (Å²) in [7, 11) is 0. The third-order valence-corrected chi connectivity index (χ3v) is 6.24. The number of hydrogen-bond acceptors (Lipinski definition) is 4. The van der Waals surface area contributed by atoms with Crippen molar-refractivity contribution in [2.24, 2.45) is 5.92 Å². The van der Waals surface area contributed by atoms with E-state index in [1.54, 1.807) is 11.8 Å². The Hall–Kier alpha value is -3.33. The fraction of sp³-hybridized carbons (Fsp3) is 0.333. The maximum absolute atomic E-state index is 15.4. The lowest BCUT2D eigenvalue weighted by Crippen LogP contribution is -2.42. The fourth-order valence-electron chi connectivity index (χ4n) is 4.56. The first-order valence-electron chi connectivity index (χ1n) is 10.7. The zero-order chi connectivity index (χ0) is 24.0. The second-order valence-electron chi connectivity index (χ2n) is 8.36. The Morgan fingerprint density at radius 1 is 1.18 bits per heavy atom. The molecule has 0 amide bonds. The number of aliphatic hydroxyl groups excluding tert-OH is 1. The third-order valence-electron chi connectivity index (χ3n) is 6.24. The van der Waals surface area contributed by atoms with Gasteiger partial charge in [-0.3, -0.25) is 4.79 Å². The number of nitrogens with zero attached hydrogens (tertiary/aromatic N) is 2. The zero-order valence-corrected chi connectivity index (χ0v) is 18.1. The molecule has 1 saturated heterocycles. The van der Waals surface area contributed by atoms with E-state index in [-0.39, 0.29) is 34.6 Å². The summed E-state index contributed by atoms with van der Waals surface area (Å²) in [6.07, 6.45) is 1.16. The maximum Gasteiger partial charge on any atom is 0.341 e. The second-order valence-corrected chi connectivity index (χ2v) is 8.36. The summed E-state index contributed by atoms with van der Waals surface area (Å²) in [5.74, 6) is -4.14. The molecule has 174 valence electrons. The lowest BCUT2D eigenvalue weighted by atomic mass is 9.94. The number of aryl methyl sites for hydroxylation is 1. The summed E-state index contributed by atoms with van der Waals surface area (Å²) in [5.41, 5.74) is -0.936. The number of aliphatic hydroxyl groups is 1. The minimum atomic E-state index is -1.54. The largest absolute Gasteiger partial charge is 0.477 e. The molecule has 0 unspecified atom stereocenters. The molecule has 1 aromatic heterocycles. The van der Waals surface area contributed by atoms with Crippen LogP contribution >= 0.6 is 0 Å². The smallest absolute Gasteiger partial charge is 0.341 e. The summed E-state index contributed by atoms with van der Waals surface area (Å²) < 4.78 is 44.9. The minimum absolute atomic E-state index is 0.121. The highest BCUT2D eigenvalue weighted by molar-refractivity contribution is 5.96. The quantitative estimate of drug-likeness (QED) is 0.618. The number of halogens is 3. The van der Waals surface area contributed by atoms with Crippen molar-refractivity contribution in [2.75, 3.05) is 18.0 Å². The van der Waals surface area contributed by atoms with E-state index in [2.05, 4.69) is 0 Å². The maximum atomic E-state index is 15.4. The van der Waals surface area contributed by atoms with Crippen molar-refractivity contribution in [1.29, 1.82) is 0 Å². The molecule has 2 heterocycles. The Balaban J connectivity index is 2.10. The Kier molecular flexibility index (Phi) is 5.92. The SMILES string of the molecule is CCc1c(N2CC[C@H](O)[C@H](C)C2)c(F)cc2c(=O)c(C(=O)O)cn(-c3ccc(F)cc3F)c12. The molecule has 0 radical (unpaired) electrons. The molecule has 0 saturated carbocycles. The van der Waals surface area contributed by atoms with Crippen LogP contribution in [0.5, 0.6) is 0 Å². The molecule has 33 heavy (non-hydrogen) atoms. The molecule has 0 aliphatic carbocycles. The van der Waals surface area contributed by atoms with Gasteiger partial charge in [0.05, 0.1) is 28.4 Å². The average Bonchev–Trinajstić information content (AvgIpc) is 2.75. The molecular weight excluding hydrogens is 437 g/mol. The van der Waals surface area contributed by atoms with Gasteiger partial charge in [0.1, 0.15) is 23.0 Å². The van der Waals surface area contributed by atoms with Gasteiger partial charge in [-0.1, -0.05) is 13.8 Å². The fourth-order valence-corrected chi connectivity index (χ4v) is 4.56. The Morgan fingerprint density at radius 2 is 1.91 bits per heavy atom. The first-order valence-corrected chi connectivity index (χ1v) is 10.7. The molecule has 4 rings (SSSR count). The topological polar surface area (TPSA) is 82.8 Å². The molecule has 6 nitrogen and oxygen atoms in total. The average molecular weight is 460 g/mol. The van der Waals surface area contributed by atoms with Crippen LogP contribution in [0.15, 0.2) is 35.3 Å². The van der Waals surface area contributed by atoms with E-state index in [4.69, 9.17) is 0 Å². The normalized spacial score (nSPS) is 18.7. The van der Waals surface area contributed by atoms with E-state index in [1.165, 1.54) is 4.57 Å². The van der Waals surface area contributed by atoms with Crippen LogP contribution in [-0.4, -0.2) is 39.9 Å². The molecule has 1 aliphatic heterocycles. The third kappa shape index (κ3) is 3.86. The number of benzene rings is 2. The number of carboxylic acids is 1. The van der Waals surface area contributed by atoms with Gasteiger partial charge in [0.25, 0.3) is 0 Å². The van der Waals surface area contributed by atoms with Crippen molar-refractivity contribution >= 4 is 22.6 Å². The molecule has 2 N–H and O–H groups in total. The van der Waals surface area contributed by atoms with Gasteiger partial charge < -0.3 is 19.7 Å². The van der Waals surface area contributed by atoms with Crippen molar-refractivity contribution in [3.63, 3.8) is 0 Å². The van der Waals surface area contributed by atoms with Gasteiger partial charge in [0.15, 0.2) is 0 Å². The molecule has 0 spiro atoms. The van der Waals surface area contributed by atoms with Crippen LogP contribution in [0.3, 0.4) is 0 Å². The van der Waals surface area contributed by atoms with E-state index in [0.717, 1.165) is 24.4 Å². The van der Waals surface area contributed by atoms with Crippen molar-refractivity contribution in [1.82, 2.24) is 4.57 Å². The van der Waals surface area contributed by atoms with Crippen LogP contribution in [0.2, 0.25) is 0 Å². The first-order chi connectivity index (χ1) is 15.6. The standard InChI is InChI=1S/C24H23F3N2O4/c1-3-14-21-15(9-18(27)22(14)28-7-6-20(30)12(2)10-28)23(31)16(24(32)33)11-29(21)19-5-4-13(25)8-17(19)26/h4-5,8-9,11-12,20,30H,3,6-7,10H2,1-2H3,(H,32,33)/t12-,20+/m1/s1. The van der Waals surface area contributed by atoms with Crippen LogP contribution in [0.1, 0.15) is 36.2 Å². The highest BCUT2D eigenvalue weighted by Crippen LogP contribution is 2.36. The van der Waals surface area contributed by atoms with Gasteiger partial charge in [-0.05, 0) is 37.0 Å². The zero-order valence-electron chi connectivity index (χ0n) is 18.1. The Bertz CT molecular complexity index is 1320. The summed E-state index contributed by atoms with van der Waals surface area (Å²) in [6.45, 7) is 4.35. The second kappa shape index (κ2) is 8.55. The first kappa shape index (κ1) is 22.8. The van der Waals surface area contributed by atoms with Crippen molar-refractivity contribution < 1.29 is 28.2 Å². The molecule has 2 aromatic carbocycles. The molecular formula is C24H23F3N2O4. The minimum Gasteiger partial charge on any atom is -0.477 e. The van der Waals surface area contributed by atoms with Gasteiger partial charge in [0, 0.05) is 30.9 Å². The number of carbonyl (C=O) groups is 1. The Morgan fingerprint density at radius 3 is 2.52 bits per heavy atom. The van der Waals surface area contributed by atoms with Gasteiger partial charge in [-0.25, -0.2) is 18.0 Å². The molecule has 3 aromatic rings. The Labute approximate surface area is 187 Å². The van der Waals surface area contributed by atoms with Gasteiger partial charge >= 0.3 is 5.97 Å². The summed E-state index contributed by atoms with van der Waals surface area (Å²) >= 11 is 0. The van der Waals surface area contributed by atoms with Crippen LogP contribution in [0.4, 0.5) is 18.9 Å².